The molecule has 4 N–H and O–H groups in total. The summed E-state index contributed by atoms with van der Waals surface area (Å²) >= 11 is 0. The number of carbonyl (C=O) groups is 2. The molecule has 0 spiro atoms. The van der Waals surface area contributed by atoms with Crippen molar-refractivity contribution in [2.24, 2.45) is 5.41 Å². The predicted octanol–water partition coefficient (Wildman–Crippen LogP) is 3.43. The van der Waals surface area contributed by atoms with Gasteiger partial charge in [-0.05, 0) is 44.4 Å². The van der Waals surface area contributed by atoms with Crippen LogP contribution >= 0.6 is 0 Å². The number of nitrogens with two attached hydrogens (primary N) is 1. The average molecular weight is 335 g/mol. The number of anilines is 2. The van der Waals surface area contributed by atoms with Crippen LogP contribution in [-0.2, 0) is 4.74 Å². The third-order valence-electron chi connectivity index (χ3n) is 3.39. The summed E-state index contributed by atoms with van der Waals surface area (Å²) in [6.45, 7) is 11.0. The summed E-state index contributed by atoms with van der Waals surface area (Å²) in [5.74, 6) is -0.206. The molecule has 0 aromatic heterocycles. The van der Waals surface area contributed by atoms with Crippen molar-refractivity contribution in [2.45, 2.75) is 53.2 Å². The molecular weight excluding hydrogens is 306 g/mol. The lowest BCUT2D eigenvalue weighted by molar-refractivity contribution is 0.0446. The van der Waals surface area contributed by atoms with Gasteiger partial charge in [0.05, 0.1) is 11.4 Å². The van der Waals surface area contributed by atoms with Gasteiger partial charge in [-0.15, -0.1) is 0 Å². The lowest BCUT2D eigenvalue weighted by atomic mass is 9.82. The van der Waals surface area contributed by atoms with Crippen LogP contribution in [0.5, 0.6) is 0 Å². The molecule has 0 radical (unpaired) electrons. The van der Waals surface area contributed by atoms with Gasteiger partial charge in [0, 0.05) is 12.6 Å². The molecule has 0 heterocycles. The van der Waals surface area contributed by atoms with Gasteiger partial charge in [0.15, 0.2) is 5.78 Å². The zero-order chi connectivity index (χ0) is 18.7. The van der Waals surface area contributed by atoms with E-state index in [0.29, 0.717) is 11.3 Å². The predicted molar refractivity (Wildman–Crippen MR) is 97.3 cm³/mol. The molecule has 0 saturated carbocycles. The first-order valence-corrected chi connectivity index (χ1v) is 7.96. The summed E-state index contributed by atoms with van der Waals surface area (Å²) in [4.78, 5) is 25.0. The van der Waals surface area contributed by atoms with Crippen LogP contribution in [0.1, 0.15) is 51.9 Å². The van der Waals surface area contributed by atoms with Crippen molar-refractivity contribution in [1.82, 2.24) is 5.32 Å². The third-order valence-corrected chi connectivity index (χ3v) is 3.39. The highest BCUT2D eigenvalue weighted by atomic mass is 16.6. The van der Waals surface area contributed by atoms with Gasteiger partial charge in [0.1, 0.15) is 11.6 Å². The molecule has 1 aromatic carbocycles. The number of alkyl carbamates (subject to hydrolysis) is 1. The molecule has 0 fully saturated rings. The highest BCUT2D eigenvalue weighted by molar-refractivity contribution is 6.03. The van der Waals surface area contributed by atoms with Gasteiger partial charge in [0.2, 0.25) is 0 Å². The fraction of sp³-hybridized carbons (Fsp3) is 0.556. The Bertz CT molecular complexity index is 613. The number of ketones is 1. The maximum atomic E-state index is 12.9. The van der Waals surface area contributed by atoms with E-state index in [0.717, 1.165) is 5.69 Å². The summed E-state index contributed by atoms with van der Waals surface area (Å²) in [5, 5.41) is 5.65. The van der Waals surface area contributed by atoms with Gasteiger partial charge in [-0.2, -0.15) is 0 Å². The van der Waals surface area contributed by atoms with Crippen molar-refractivity contribution in [3.8, 4) is 0 Å². The van der Waals surface area contributed by atoms with Crippen molar-refractivity contribution in [3.63, 3.8) is 0 Å². The Morgan fingerprint density at radius 2 is 1.71 bits per heavy atom. The lowest BCUT2D eigenvalue weighted by Crippen LogP contribution is -2.50. The van der Waals surface area contributed by atoms with E-state index >= 15 is 0 Å². The maximum Gasteiger partial charge on any atom is 0.408 e. The van der Waals surface area contributed by atoms with Crippen LogP contribution in [0.15, 0.2) is 18.2 Å². The highest BCUT2D eigenvalue weighted by Crippen LogP contribution is 2.26. The minimum absolute atomic E-state index is 0.206. The van der Waals surface area contributed by atoms with E-state index in [1.165, 1.54) is 0 Å². The van der Waals surface area contributed by atoms with E-state index in [1.54, 1.807) is 46.0 Å². The van der Waals surface area contributed by atoms with Crippen LogP contribution in [0.2, 0.25) is 0 Å². The summed E-state index contributed by atoms with van der Waals surface area (Å²) in [7, 11) is 1.76. The molecule has 24 heavy (non-hydrogen) atoms. The van der Waals surface area contributed by atoms with Crippen LogP contribution in [0.3, 0.4) is 0 Å². The van der Waals surface area contributed by atoms with Gasteiger partial charge < -0.3 is 21.1 Å². The van der Waals surface area contributed by atoms with Crippen molar-refractivity contribution < 1.29 is 14.3 Å². The van der Waals surface area contributed by atoms with Crippen molar-refractivity contribution in [1.29, 1.82) is 0 Å². The average Bonchev–Trinajstić information content (AvgIpc) is 2.40. The zero-order valence-corrected chi connectivity index (χ0v) is 15.6. The molecular formula is C18H29N3O3. The number of carbonyl (C=O) groups excluding carboxylic acids is 2. The Morgan fingerprint density at radius 3 is 2.12 bits per heavy atom. The Kier molecular flexibility index (Phi) is 5.87. The van der Waals surface area contributed by atoms with E-state index in [2.05, 4.69) is 10.6 Å². The molecule has 1 rings (SSSR count). The summed E-state index contributed by atoms with van der Waals surface area (Å²) in [6.07, 6.45) is -0.615. The SMILES string of the molecule is CNc1ccc(C(=O)[C@@H](NC(=O)OC(C)(C)C)C(C)(C)C)cc1N. The minimum atomic E-state index is -0.729. The summed E-state index contributed by atoms with van der Waals surface area (Å²) in [6, 6.07) is 4.33. The topological polar surface area (TPSA) is 93.5 Å². The molecule has 1 atom stereocenters. The first kappa shape index (κ1) is 19.8. The Hall–Kier alpha value is -2.24. The summed E-state index contributed by atoms with van der Waals surface area (Å²) in [5.41, 5.74) is 6.50. The molecule has 6 nitrogen and oxygen atoms in total. The molecule has 0 aliphatic heterocycles. The highest BCUT2D eigenvalue weighted by Gasteiger charge is 2.34. The van der Waals surface area contributed by atoms with Crippen molar-refractivity contribution in [2.75, 3.05) is 18.1 Å². The number of hydrogen-bond donors (Lipinski definition) is 3. The number of hydrogen-bond acceptors (Lipinski definition) is 5. The van der Waals surface area contributed by atoms with Gasteiger partial charge >= 0.3 is 6.09 Å². The number of nitrogens with one attached hydrogen (secondary N) is 2. The number of rotatable bonds is 4. The fourth-order valence-corrected chi connectivity index (χ4v) is 2.21. The monoisotopic (exact) mass is 335 g/mol. The van der Waals surface area contributed by atoms with Gasteiger partial charge in [-0.25, -0.2) is 4.79 Å². The lowest BCUT2D eigenvalue weighted by Gasteiger charge is -2.31. The number of amides is 1. The molecule has 0 unspecified atom stereocenters. The molecule has 134 valence electrons. The normalized spacial score (nSPS) is 13.1. The molecule has 0 aliphatic carbocycles. The van der Waals surface area contributed by atoms with Gasteiger partial charge in [-0.3, -0.25) is 4.79 Å². The van der Waals surface area contributed by atoms with E-state index in [1.807, 2.05) is 20.8 Å². The number of ether oxygens (including phenoxy) is 1. The number of nitrogen functional groups attached to an aromatic ring is 1. The fourth-order valence-electron chi connectivity index (χ4n) is 2.21. The second kappa shape index (κ2) is 7.11. The Balaban J connectivity index is 3.06. The molecule has 0 saturated heterocycles. The van der Waals surface area contributed by atoms with Crippen LogP contribution in [0.4, 0.5) is 16.2 Å². The second-order valence-electron chi connectivity index (χ2n) is 7.86. The minimum Gasteiger partial charge on any atom is -0.444 e. The quantitative estimate of drug-likeness (QED) is 0.579. The van der Waals surface area contributed by atoms with Gasteiger partial charge in [-0.1, -0.05) is 20.8 Å². The molecule has 1 aromatic rings. The summed E-state index contributed by atoms with van der Waals surface area (Å²) < 4.78 is 5.27. The largest absolute Gasteiger partial charge is 0.444 e. The van der Waals surface area contributed by atoms with Crippen molar-refractivity contribution >= 4 is 23.3 Å². The number of benzene rings is 1. The second-order valence-corrected chi connectivity index (χ2v) is 7.86. The molecule has 1 amide bonds. The first-order valence-electron chi connectivity index (χ1n) is 7.96. The van der Waals surface area contributed by atoms with Crippen LogP contribution < -0.4 is 16.4 Å². The van der Waals surface area contributed by atoms with Crippen LogP contribution in [0.25, 0.3) is 0 Å². The standard InChI is InChI=1S/C18H29N3O3/c1-17(2,3)15(21-16(23)24-18(4,5)6)14(22)11-8-9-13(20-7)12(19)10-11/h8-10,15,20H,19H2,1-7H3,(H,21,23)/t15-/m1/s1. The van der Waals surface area contributed by atoms with Gasteiger partial charge in [0.25, 0.3) is 0 Å². The smallest absolute Gasteiger partial charge is 0.408 e. The van der Waals surface area contributed by atoms with E-state index in [-0.39, 0.29) is 5.78 Å². The van der Waals surface area contributed by atoms with Crippen LogP contribution in [-0.4, -0.2) is 30.6 Å². The zero-order valence-electron chi connectivity index (χ0n) is 15.6. The van der Waals surface area contributed by atoms with E-state index in [9.17, 15) is 9.59 Å². The number of Topliss-reactive ketones (excluding diaryl/α,β-unsaturated/α-hetero) is 1. The first-order chi connectivity index (χ1) is 10.8. The molecule has 6 heteroatoms. The Morgan fingerprint density at radius 1 is 1.12 bits per heavy atom. The van der Waals surface area contributed by atoms with Crippen LogP contribution in [0, 0.1) is 5.41 Å². The van der Waals surface area contributed by atoms with Crippen molar-refractivity contribution in [3.05, 3.63) is 23.8 Å². The Labute approximate surface area is 144 Å². The van der Waals surface area contributed by atoms with E-state index < -0.39 is 23.2 Å². The molecule has 0 aliphatic rings. The van der Waals surface area contributed by atoms with E-state index in [4.69, 9.17) is 10.5 Å². The molecule has 0 bridgehead atoms. The maximum absolute atomic E-state index is 12.9. The third kappa shape index (κ3) is 5.44.